The summed E-state index contributed by atoms with van der Waals surface area (Å²) in [5.74, 6) is -0.324. The molecule has 0 amide bonds. The number of halogens is 1. The average Bonchev–Trinajstić information content (AvgIpc) is 2.37. The molecule has 106 valence electrons. The predicted octanol–water partition coefficient (Wildman–Crippen LogP) is 2.57. The highest BCUT2D eigenvalue weighted by atomic mass is 19.1. The van der Waals surface area contributed by atoms with Crippen molar-refractivity contribution in [3.05, 3.63) is 30.2 Å². The van der Waals surface area contributed by atoms with Crippen molar-refractivity contribution in [1.82, 2.24) is 4.98 Å². The zero-order valence-electron chi connectivity index (χ0n) is 11.6. The number of hydrogen-bond acceptors (Lipinski definition) is 4. The Morgan fingerprint density at radius 2 is 2.05 bits per heavy atom. The summed E-state index contributed by atoms with van der Waals surface area (Å²) in [6, 6.07) is 5.06. The smallest absolute Gasteiger partial charge is 0.150 e. The van der Waals surface area contributed by atoms with Gasteiger partial charge in [0.05, 0.1) is 23.4 Å². The van der Waals surface area contributed by atoms with Gasteiger partial charge in [0, 0.05) is 30.4 Å². The fraction of sp³-hybridized carbons (Fsp3) is 0.400. The van der Waals surface area contributed by atoms with Crippen molar-refractivity contribution in [3.63, 3.8) is 0 Å². The van der Waals surface area contributed by atoms with Crippen LogP contribution >= 0.6 is 0 Å². The second-order valence-corrected chi connectivity index (χ2v) is 5.36. The number of nitrogens with two attached hydrogens (primary N) is 1. The first-order chi connectivity index (χ1) is 9.56. The number of fused-ring (bicyclic) bond motifs is 1. The summed E-state index contributed by atoms with van der Waals surface area (Å²) in [6.07, 6.45) is 1.79. The number of hydrogen-bond donors (Lipinski definition) is 1. The molecule has 0 spiro atoms. The van der Waals surface area contributed by atoms with E-state index >= 15 is 0 Å². The summed E-state index contributed by atoms with van der Waals surface area (Å²) in [4.78, 5) is 6.33. The van der Waals surface area contributed by atoms with E-state index in [-0.39, 0.29) is 18.0 Å². The second kappa shape index (κ2) is 4.90. The maximum atomic E-state index is 14.4. The van der Waals surface area contributed by atoms with Gasteiger partial charge in [0.15, 0.2) is 5.82 Å². The van der Waals surface area contributed by atoms with Gasteiger partial charge in [-0.05, 0) is 32.0 Å². The lowest BCUT2D eigenvalue weighted by atomic mass is 10.1. The summed E-state index contributed by atoms with van der Waals surface area (Å²) in [7, 11) is 0. The SMILES string of the molecule is C[C@@H]1CN(c2c(F)cc(N)c3cccnc23)C[C@H](C)O1. The van der Waals surface area contributed by atoms with Crippen LogP contribution in [0.1, 0.15) is 13.8 Å². The van der Waals surface area contributed by atoms with Crippen molar-refractivity contribution < 1.29 is 9.13 Å². The van der Waals surface area contributed by atoms with Crippen LogP contribution in [0.25, 0.3) is 10.9 Å². The van der Waals surface area contributed by atoms with E-state index in [0.29, 0.717) is 30.0 Å². The van der Waals surface area contributed by atoms with E-state index in [2.05, 4.69) is 4.98 Å². The number of rotatable bonds is 1. The van der Waals surface area contributed by atoms with Crippen molar-refractivity contribution in [2.45, 2.75) is 26.1 Å². The number of nitrogens with zero attached hydrogens (tertiary/aromatic N) is 2. The normalized spacial score (nSPS) is 23.2. The fourth-order valence-corrected chi connectivity index (χ4v) is 2.88. The molecule has 1 aromatic heterocycles. The molecular formula is C15H18FN3O. The molecular weight excluding hydrogens is 257 g/mol. The molecule has 0 unspecified atom stereocenters. The summed E-state index contributed by atoms with van der Waals surface area (Å²) in [5.41, 5.74) is 7.45. The van der Waals surface area contributed by atoms with Gasteiger partial charge in [-0.15, -0.1) is 0 Å². The number of pyridine rings is 1. The van der Waals surface area contributed by atoms with E-state index < -0.39 is 0 Å². The molecule has 2 atom stereocenters. The lowest BCUT2D eigenvalue weighted by molar-refractivity contribution is -0.00530. The fourth-order valence-electron chi connectivity index (χ4n) is 2.88. The molecule has 2 N–H and O–H groups in total. The monoisotopic (exact) mass is 275 g/mol. The van der Waals surface area contributed by atoms with E-state index in [1.807, 2.05) is 30.9 Å². The first kappa shape index (κ1) is 13.1. The van der Waals surface area contributed by atoms with Crippen molar-refractivity contribution in [2.24, 2.45) is 0 Å². The van der Waals surface area contributed by atoms with Gasteiger partial charge in [-0.2, -0.15) is 0 Å². The highest BCUT2D eigenvalue weighted by Crippen LogP contribution is 2.33. The molecule has 0 saturated carbocycles. The van der Waals surface area contributed by atoms with E-state index in [9.17, 15) is 4.39 Å². The summed E-state index contributed by atoms with van der Waals surface area (Å²) in [5, 5.41) is 0.788. The number of morpholine rings is 1. The second-order valence-electron chi connectivity index (χ2n) is 5.36. The van der Waals surface area contributed by atoms with E-state index in [0.717, 1.165) is 5.39 Å². The third-order valence-electron chi connectivity index (χ3n) is 3.59. The number of nitrogen functional groups attached to an aromatic ring is 1. The largest absolute Gasteiger partial charge is 0.398 e. The topological polar surface area (TPSA) is 51.4 Å². The molecule has 20 heavy (non-hydrogen) atoms. The lowest BCUT2D eigenvalue weighted by Crippen LogP contribution is -2.46. The minimum absolute atomic E-state index is 0.0643. The van der Waals surface area contributed by atoms with Gasteiger partial charge in [-0.25, -0.2) is 4.39 Å². The zero-order chi connectivity index (χ0) is 14.3. The Morgan fingerprint density at radius 1 is 1.35 bits per heavy atom. The van der Waals surface area contributed by atoms with E-state index in [1.165, 1.54) is 6.07 Å². The third kappa shape index (κ3) is 2.18. The van der Waals surface area contributed by atoms with Crippen LogP contribution in [0, 0.1) is 5.82 Å². The van der Waals surface area contributed by atoms with Crippen molar-refractivity contribution in [1.29, 1.82) is 0 Å². The Hall–Kier alpha value is -1.88. The molecule has 5 heteroatoms. The highest BCUT2D eigenvalue weighted by molar-refractivity contribution is 5.98. The van der Waals surface area contributed by atoms with Gasteiger partial charge in [0.1, 0.15) is 0 Å². The predicted molar refractivity (Wildman–Crippen MR) is 78.3 cm³/mol. The maximum absolute atomic E-state index is 14.4. The molecule has 0 bridgehead atoms. The molecule has 1 aliphatic heterocycles. The summed E-state index contributed by atoms with van der Waals surface area (Å²) >= 11 is 0. The maximum Gasteiger partial charge on any atom is 0.150 e. The molecule has 2 aromatic rings. The van der Waals surface area contributed by atoms with Crippen LogP contribution in [0.15, 0.2) is 24.4 Å². The van der Waals surface area contributed by atoms with Gasteiger partial charge in [-0.1, -0.05) is 0 Å². The Balaban J connectivity index is 2.15. The van der Waals surface area contributed by atoms with Crippen molar-refractivity contribution in [3.8, 4) is 0 Å². The highest BCUT2D eigenvalue weighted by Gasteiger charge is 2.26. The number of benzene rings is 1. The van der Waals surface area contributed by atoms with Crippen molar-refractivity contribution >= 4 is 22.3 Å². The minimum Gasteiger partial charge on any atom is -0.398 e. The van der Waals surface area contributed by atoms with E-state index in [4.69, 9.17) is 10.5 Å². The van der Waals surface area contributed by atoms with Gasteiger partial charge in [-0.3, -0.25) is 4.98 Å². The molecule has 1 aromatic carbocycles. The van der Waals surface area contributed by atoms with Crippen LogP contribution in [-0.4, -0.2) is 30.3 Å². The van der Waals surface area contributed by atoms with E-state index in [1.54, 1.807) is 6.20 Å². The lowest BCUT2D eigenvalue weighted by Gasteiger charge is -2.37. The molecule has 3 rings (SSSR count). The summed E-state index contributed by atoms with van der Waals surface area (Å²) < 4.78 is 20.1. The van der Waals surface area contributed by atoms with Crippen LogP contribution in [0.3, 0.4) is 0 Å². The average molecular weight is 275 g/mol. The van der Waals surface area contributed by atoms with Crippen LogP contribution < -0.4 is 10.6 Å². The standard InChI is InChI=1S/C15H18FN3O/c1-9-7-19(8-10(2)20-9)15-12(16)6-13(17)11-4-3-5-18-14(11)15/h3-6,9-10H,7-8,17H2,1-2H3/t9-,10+. The first-order valence-electron chi connectivity index (χ1n) is 6.79. The quantitative estimate of drug-likeness (QED) is 0.813. The minimum atomic E-state index is -0.324. The van der Waals surface area contributed by atoms with Crippen LogP contribution in [0.5, 0.6) is 0 Å². The molecule has 1 aliphatic rings. The summed E-state index contributed by atoms with van der Waals surface area (Å²) in [6.45, 7) is 5.29. The van der Waals surface area contributed by atoms with Gasteiger partial charge in [0.25, 0.3) is 0 Å². The third-order valence-corrected chi connectivity index (χ3v) is 3.59. The molecule has 1 fully saturated rings. The van der Waals surface area contributed by atoms with Crippen LogP contribution in [-0.2, 0) is 4.74 Å². The molecule has 4 nitrogen and oxygen atoms in total. The number of ether oxygens (including phenoxy) is 1. The number of aromatic nitrogens is 1. The van der Waals surface area contributed by atoms with Gasteiger partial charge < -0.3 is 15.4 Å². The van der Waals surface area contributed by atoms with Crippen LogP contribution in [0.2, 0.25) is 0 Å². The molecule has 2 heterocycles. The van der Waals surface area contributed by atoms with Crippen LogP contribution in [0.4, 0.5) is 15.8 Å². The first-order valence-corrected chi connectivity index (χ1v) is 6.79. The molecule has 1 saturated heterocycles. The number of anilines is 2. The Bertz CT molecular complexity index is 636. The Morgan fingerprint density at radius 3 is 2.75 bits per heavy atom. The van der Waals surface area contributed by atoms with Gasteiger partial charge >= 0.3 is 0 Å². The molecule has 0 aliphatic carbocycles. The Kier molecular flexibility index (Phi) is 3.22. The zero-order valence-corrected chi connectivity index (χ0v) is 11.6. The Labute approximate surface area is 117 Å². The van der Waals surface area contributed by atoms with Gasteiger partial charge in [0.2, 0.25) is 0 Å². The molecule has 0 radical (unpaired) electrons. The van der Waals surface area contributed by atoms with Crippen molar-refractivity contribution in [2.75, 3.05) is 23.7 Å².